The summed E-state index contributed by atoms with van der Waals surface area (Å²) in [5, 5.41) is 12.7. The number of aliphatic hydroxyl groups is 1. The number of alkyl halides is 3. The Morgan fingerprint density at radius 3 is 2.34 bits per heavy atom. The van der Waals surface area contributed by atoms with E-state index in [0.29, 0.717) is 16.9 Å². The highest BCUT2D eigenvalue weighted by Crippen LogP contribution is 2.31. The van der Waals surface area contributed by atoms with E-state index >= 15 is 0 Å². The minimum atomic E-state index is -4.48. The van der Waals surface area contributed by atoms with E-state index in [0.717, 1.165) is 12.1 Å². The largest absolute Gasteiger partial charge is 0.491 e. The molecular weight excluding hydrogens is 423 g/mol. The van der Waals surface area contributed by atoms with Gasteiger partial charge in [0.1, 0.15) is 30.8 Å². The van der Waals surface area contributed by atoms with Crippen molar-refractivity contribution in [3.05, 3.63) is 95.6 Å². The average molecular weight is 445 g/mol. The molecule has 0 saturated heterocycles. The van der Waals surface area contributed by atoms with Crippen LogP contribution in [-0.4, -0.2) is 30.3 Å². The third-order valence-electron chi connectivity index (χ3n) is 4.50. The number of rotatable bonds is 9. The topological polar surface area (TPSA) is 67.8 Å². The number of hydrogen-bond acceptors (Lipinski definition) is 4. The van der Waals surface area contributed by atoms with Gasteiger partial charge in [-0.2, -0.15) is 13.2 Å². The van der Waals surface area contributed by atoms with Crippen molar-refractivity contribution in [2.75, 3.05) is 13.2 Å². The van der Waals surface area contributed by atoms with Gasteiger partial charge in [-0.3, -0.25) is 4.79 Å². The molecule has 2 N–H and O–H groups in total. The molecule has 0 bridgehead atoms. The summed E-state index contributed by atoms with van der Waals surface area (Å²) in [5.74, 6) is 0.244. The van der Waals surface area contributed by atoms with Crippen molar-refractivity contribution < 1.29 is 32.5 Å². The monoisotopic (exact) mass is 445 g/mol. The van der Waals surface area contributed by atoms with Crippen molar-refractivity contribution in [2.45, 2.75) is 18.9 Å². The molecule has 3 aromatic carbocycles. The summed E-state index contributed by atoms with van der Waals surface area (Å²) >= 11 is 0. The smallest absolute Gasteiger partial charge is 0.416 e. The van der Waals surface area contributed by atoms with Gasteiger partial charge in [-0.05, 0) is 36.4 Å². The fourth-order valence-electron chi connectivity index (χ4n) is 2.86. The van der Waals surface area contributed by atoms with E-state index in [1.165, 1.54) is 12.1 Å². The molecule has 1 atom stereocenters. The third-order valence-corrected chi connectivity index (χ3v) is 4.50. The molecule has 3 aromatic rings. The van der Waals surface area contributed by atoms with Gasteiger partial charge in [-0.1, -0.05) is 42.5 Å². The van der Waals surface area contributed by atoms with Crippen LogP contribution in [0.5, 0.6) is 11.5 Å². The van der Waals surface area contributed by atoms with Crippen LogP contribution in [0.4, 0.5) is 13.2 Å². The van der Waals surface area contributed by atoms with Crippen molar-refractivity contribution >= 4 is 5.91 Å². The van der Waals surface area contributed by atoms with Crippen LogP contribution in [0.25, 0.3) is 0 Å². The summed E-state index contributed by atoms with van der Waals surface area (Å²) in [6, 6.07) is 20.5. The van der Waals surface area contributed by atoms with Crippen molar-refractivity contribution in [1.82, 2.24) is 5.32 Å². The Balaban J connectivity index is 1.51. The number of amides is 1. The number of aliphatic hydroxyl groups excluding tert-OH is 1. The zero-order chi connectivity index (χ0) is 23.0. The average Bonchev–Trinajstić information content (AvgIpc) is 2.80. The summed E-state index contributed by atoms with van der Waals surface area (Å²) in [5.41, 5.74) is 0.227. The number of nitrogens with one attached hydrogen (secondary N) is 1. The lowest BCUT2D eigenvalue weighted by Crippen LogP contribution is -2.35. The molecule has 0 saturated carbocycles. The van der Waals surface area contributed by atoms with Crippen LogP contribution in [0.3, 0.4) is 0 Å². The van der Waals surface area contributed by atoms with Gasteiger partial charge in [-0.25, -0.2) is 0 Å². The van der Waals surface area contributed by atoms with Crippen molar-refractivity contribution in [2.24, 2.45) is 0 Å². The van der Waals surface area contributed by atoms with E-state index in [1.54, 1.807) is 24.3 Å². The zero-order valence-electron chi connectivity index (χ0n) is 17.0. The first-order valence-electron chi connectivity index (χ1n) is 9.85. The fraction of sp³-hybridized carbons (Fsp3) is 0.208. The Morgan fingerprint density at radius 1 is 0.906 bits per heavy atom. The van der Waals surface area contributed by atoms with Crippen LogP contribution in [0.2, 0.25) is 0 Å². The SMILES string of the molecule is O=C(NCC(O)COc1cccc(C(F)(F)F)c1)c1ccccc1COc1ccccc1. The molecule has 8 heteroatoms. The Kier molecular flexibility index (Phi) is 7.72. The van der Waals surface area contributed by atoms with Gasteiger partial charge in [0.15, 0.2) is 0 Å². The first-order valence-corrected chi connectivity index (χ1v) is 9.85. The van der Waals surface area contributed by atoms with E-state index in [2.05, 4.69) is 5.32 Å². The van der Waals surface area contributed by atoms with Crippen LogP contribution in [-0.2, 0) is 12.8 Å². The number of carbonyl (C=O) groups excluding carboxylic acids is 1. The van der Waals surface area contributed by atoms with E-state index in [-0.39, 0.29) is 25.5 Å². The standard InChI is InChI=1S/C24H22F3NO4/c25-24(26,27)18-8-6-11-21(13-18)32-16-19(29)14-28-23(30)22-12-5-4-7-17(22)15-31-20-9-2-1-3-10-20/h1-13,19,29H,14-16H2,(H,28,30). The molecule has 0 spiro atoms. The number of halogens is 3. The Labute approximate surface area is 183 Å². The number of hydrogen-bond donors (Lipinski definition) is 2. The van der Waals surface area contributed by atoms with Crippen LogP contribution in [0.15, 0.2) is 78.9 Å². The highest BCUT2D eigenvalue weighted by molar-refractivity contribution is 5.95. The Bertz CT molecular complexity index is 1030. The maximum Gasteiger partial charge on any atom is 0.416 e. The maximum atomic E-state index is 12.8. The maximum absolute atomic E-state index is 12.8. The summed E-state index contributed by atoms with van der Waals surface area (Å²) in [7, 11) is 0. The quantitative estimate of drug-likeness (QED) is 0.511. The molecule has 0 aliphatic heterocycles. The van der Waals surface area contributed by atoms with Gasteiger partial charge in [0.25, 0.3) is 5.91 Å². The first kappa shape index (κ1) is 23.1. The molecule has 0 heterocycles. The van der Waals surface area contributed by atoms with Gasteiger partial charge < -0.3 is 19.9 Å². The molecule has 0 aliphatic rings. The van der Waals surface area contributed by atoms with E-state index in [4.69, 9.17) is 9.47 Å². The number of benzene rings is 3. The van der Waals surface area contributed by atoms with E-state index in [9.17, 15) is 23.1 Å². The second kappa shape index (κ2) is 10.7. The second-order valence-corrected chi connectivity index (χ2v) is 6.96. The predicted octanol–water partition coefficient (Wildman–Crippen LogP) is 4.45. The first-order chi connectivity index (χ1) is 15.3. The van der Waals surface area contributed by atoms with Gasteiger partial charge in [0, 0.05) is 17.7 Å². The molecule has 5 nitrogen and oxygen atoms in total. The summed E-state index contributed by atoms with van der Waals surface area (Å²) < 4.78 is 49.2. The van der Waals surface area contributed by atoms with Crippen molar-refractivity contribution in [3.8, 4) is 11.5 Å². The number of para-hydroxylation sites is 1. The van der Waals surface area contributed by atoms with Crippen LogP contribution in [0, 0.1) is 0 Å². The molecule has 0 fully saturated rings. The van der Waals surface area contributed by atoms with Gasteiger partial charge in [0.2, 0.25) is 0 Å². The fourth-order valence-corrected chi connectivity index (χ4v) is 2.86. The van der Waals surface area contributed by atoms with E-state index < -0.39 is 23.8 Å². The molecule has 32 heavy (non-hydrogen) atoms. The van der Waals surface area contributed by atoms with Crippen molar-refractivity contribution in [1.29, 1.82) is 0 Å². The van der Waals surface area contributed by atoms with E-state index in [1.807, 2.05) is 30.3 Å². The number of carbonyl (C=O) groups is 1. The number of ether oxygens (including phenoxy) is 2. The molecule has 3 rings (SSSR count). The molecule has 1 amide bonds. The lowest BCUT2D eigenvalue weighted by molar-refractivity contribution is -0.137. The molecular formula is C24H22F3NO4. The Morgan fingerprint density at radius 2 is 1.59 bits per heavy atom. The molecule has 0 aromatic heterocycles. The summed E-state index contributed by atoms with van der Waals surface area (Å²) in [6.45, 7) is -0.221. The molecule has 1 unspecified atom stereocenters. The highest BCUT2D eigenvalue weighted by atomic mass is 19.4. The van der Waals surface area contributed by atoms with Crippen LogP contribution >= 0.6 is 0 Å². The summed E-state index contributed by atoms with van der Waals surface area (Å²) in [6.07, 6.45) is -5.59. The minimum absolute atomic E-state index is 0.0198. The third kappa shape index (κ3) is 6.75. The normalized spacial score (nSPS) is 12.1. The van der Waals surface area contributed by atoms with Gasteiger partial charge >= 0.3 is 6.18 Å². The molecule has 168 valence electrons. The molecule has 0 radical (unpaired) electrons. The molecule has 0 aliphatic carbocycles. The van der Waals surface area contributed by atoms with Crippen LogP contribution < -0.4 is 14.8 Å². The lowest BCUT2D eigenvalue weighted by Gasteiger charge is -2.15. The minimum Gasteiger partial charge on any atom is -0.491 e. The van der Waals surface area contributed by atoms with Crippen molar-refractivity contribution in [3.63, 3.8) is 0 Å². The second-order valence-electron chi connectivity index (χ2n) is 6.96. The Hall–Kier alpha value is -3.52. The van der Waals surface area contributed by atoms with Gasteiger partial charge in [0.05, 0.1) is 5.56 Å². The highest BCUT2D eigenvalue weighted by Gasteiger charge is 2.30. The predicted molar refractivity (Wildman–Crippen MR) is 112 cm³/mol. The lowest BCUT2D eigenvalue weighted by atomic mass is 10.1. The summed E-state index contributed by atoms with van der Waals surface area (Å²) in [4.78, 5) is 12.6. The zero-order valence-corrected chi connectivity index (χ0v) is 17.0. The van der Waals surface area contributed by atoms with Crippen LogP contribution in [0.1, 0.15) is 21.5 Å². The van der Waals surface area contributed by atoms with Gasteiger partial charge in [-0.15, -0.1) is 0 Å².